The van der Waals surface area contributed by atoms with Crippen LogP contribution in [0.15, 0.2) is 23.9 Å². The lowest BCUT2D eigenvalue weighted by molar-refractivity contribution is 0.162. The Bertz CT molecular complexity index is 322. The third-order valence-electron chi connectivity index (χ3n) is 4.73. The highest BCUT2D eigenvalue weighted by Gasteiger charge is 2.46. The van der Waals surface area contributed by atoms with Crippen molar-refractivity contribution in [2.75, 3.05) is 6.54 Å². The lowest BCUT2D eigenvalue weighted by Crippen LogP contribution is -2.37. The van der Waals surface area contributed by atoms with Crippen molar-refractivity contribution in [1.82, 2.24) is 4.90 Å². The maximum absolute atomic E-state index is 2.74. The largest absolute Gasteiger partial charge is 0.371 e. The molecule has 16 heavy (non-hydrogen) atoms. The molecule has 1 heteroatoms. The number of piperidine rings is 1. The second-order valence-corrected chi connectivity index (χ2v) is 5.94. The van der Waals surface area contributed by atoms with Gasteiger partial charge in [-0.15, -0.1) is 0 Å². The van der Waals surface area contributed by atoms with Crippen LogP contribution in [0.1, 0.15) is 39.5 Å². The van der Waals surface area contributed by atoms with E-state index in [-0.39, 0.29) is 0 Å². The van der Waals surface area contributed by atoms with Gasteiger partial charge in [0.2, 0.25) is 0 Å². The van der Waals surface area contributed by atoms with Crippen LogP contribution in [-0.4, -0.2) is 17.5 Å². The van der Waals surface area contributed by atoms with Crippen molar-refractivity contribution in [3.63, 3.8) is 0 Å². The zero-order valence-corrected chi connectivity index (χ0v) is 10.5. The van der Waals surface area contributed by atoms with Gasteiger partial charge in [-0.25, -0.2) is 0 Å². The third-order valence-corrected chi connectivity index (χ3v) is 4.73. The first-order valence-electron chi connectivity index (χ1n) is 6.92. The molecule has 2 heterocycles. The summed E-state index contributed by atoms with van der Waals surface area (Å²) in [6.07, 6.45) is 12.6. The number of hydrogen-bond acceptors (Lipinski definition) is 1. The summed E-state index contributed by atoms with van der Waals surface area (Å²) in [5, 5.41) is 0. The maximum atomic E-state index is 2.74. The molecule has 0 N–H and O–H groups in total. The van der Waals surface area contributed by atoms with Gasteiger partial charge in [0.05, 0.1) is 0 Å². The van der Waals surface area contributed by atoms with Gasteiger partial charge in [0.15, 0.2) is 0 Å². The number of rotatable bonds is 1. The molecule has 0 bridgehead atoms. The summed E-state index contributed by atoms with van der Waals surface area (Å²) >= 11 is 0. The number of hydrogen-bond donors (Lipinski definition) is 0. The second kappa shape index (κ2) is 3.94. The molecule has 0 aromatic rings. The van der Waals surface area contributed by atoms with Crippen LogP contribution in [0.2, 0.25) is 0 Å². The molecule has 1 aliphatic carbocycles. The quantitative estimate of drug-likeness (QED) is 0.649. The molecule has 0 aromatic carbocycles. The predicted octanol–water partition coefficient (Wildman–Crippen LogP) is 3.59. The number of nitrogens with zero attached hydrogens (tertiary/aromatic N) is 1. The van der Waals surface area contributed by atoms with Crippen molar-refractivity contribution in [1.29, 1.82) is 0 Å². The van der Waals surface area contributed by atoms with Crippen molar-refractivity contribution in [3.8, 4) is 0 Å². The topological polar surface area (TPSA) is 3.24 Å². The monoisotopic (exact) mass is 217 g/mol. The molecule has 0 saturated carbocycles. The molecule has 0 aromatic heterocycles. The van der Waals surface area contributed by atoms with Gasteiger partial charge in [0, 0.05) is 24.2 Å². The summed E-state index contributed by atoms with van der Waals surface area (Å²) in [6.45, 7) is 6.14. The Kier molecular flexibility index (Phi) is 2.57. The van der Waals surface area contributed by atoms with E-state index < -0.39 is 0 Å². The molecule has 3 unspecified atom stereocenters. The van der Waals surface area contributed by atoms with Gasteiger partial charge in [0.1, 0.15) is 0 Å². The van der Waals surface area contributed by atoms with Gasteiger partial charge in [0.25, 0.3) is 0 Å². The summed E-state index contributed by atoms with van der Waals surface area (Å²) in [4.78, 5) is 2.74. The molecule has 1 nitrogen and oxygen atoms in total. The van der Waals surface area contributed by atoms with Gasteiger partial charge in [-0.2, -0.15) is 0 Å². The van der Waals surface area contributed by atoms with Crippen LogP contribution >= 0.6 is 0 Å². The van der Waals surface area contributed by atoms with E-state index in [1.807, 2.05) is 0 Å². The van der Waals surface area contributed by atoms with Crippen molar-refractivity contribution < 1.29 is 0 Å². The minimum Gasteiger partial charge on any atom is -0.371 e. The summed E-state index contributed by atoms with van der Waals surface area (Å²) in [5.41, 5.74) is 1.66. The fraction of sp³-hybridized carbons (Fsp3) is 0.733. The average Bonchev–Trinajstić information content (AvgIpc) is 2.63. The lowest BCUT2D eigenvalue weighted by atomic mass is 9.76. The molecule has 0 amide bonds. The summed E-state index contributed by atoms with van der Waals surface area (Å²) in [5.74, 6) is 2.55. The first kappa shape index (κ1) is 10.4. The van der Waals surface area contributed by atoms with E-state index in [1.54, 1.807) is 5.70 Å². The molecular formula is C15H23N. The van der Waals surface area contributed by atoms with Crippen LogP contribution in [0.3, 0.4) is 0 Å². The number of fused-ring (bicyclic) bond motifs is 3. The van der Waals surface area contributed by atoms with Crippen molar-refractivity contribution in [2.45, 2.75) is 45.6 Å². The van der Waals surface area contributed by atoms with E-state index in [4.69, 9.17) is 0 Å². The smallest absolute Gasteiger partial charge is 0.0324 e. The Balaban J connectivity index is 1.95. The van der Waals surface area contributed by atoms with E-state index in [0.717, 1.165) is 23.8 Å². The SMILES string of the molecule is CC(C)C1C2CC=CC=C2N2CCCCC12. The van der Waals surface area contributed by atoms with Crippen LogP contribution in [-0.2, 0) is 0 Å². The van der Waals surface area contributed by atoms with Crippen LogP contribution in [0.5, 0.6) is 0 Å². The Labute approximate surface area is 99.2 Å². The van der Waals surface area contributed by atoms with E-state index >= 15 is 0 Å². The Morgan fingerprint density at radius 3 is 3.00 bits per heavy atom. The van der Waals surface area contributed by atoms with E-state index in [0.29, 0.717) is 0 Å². The summed E-state index contributed by atoms with van der Waals surface area (Å²) in [6, 6.07) is 0.852. The maximum Gasteiger partial charge on any atom is 0.0324 e. The van der Waals surface area contributed by atoms with Crippen molar-refractivity contribution >= 4 is 0 Å². The lowest BCUT2D eigenvalue weighted by Gasteiger charge is -2.35. The van der Waals surface area contributed by atoms with Crippen LogP contribution in [0.25, 0.3) is 0 Å². The standard InChI is InChI=1S/C15H23N/c1-11(2)15-12-7-3-4-8-13(12)16-10-6-5-9-14(15)16/h3-4,8,11-12,14-15H,5-7,9-10H2,1-2H3. The fourth-order valence-corrected chi connectivity index (χ4v) is 4.15. The highest BCUT2D eigenvalue weighted by molar-refractivity contribution is 5.27. The third kappa shape index (κ3) is 1.44. The summed E-state index contributed by atoms with van der Waals surface area (Å²) < 4.78 is 0. The highest BCUT2D eigenvalue weighted by Crippen LogP contribution is 2.48. The second-order valence-electron chi connectivity index (χ2n) is 5.94. The molecule has 0 spiro atoms. The number of allylic oxidation sites excluding steroid dienone is 4. The van der Waals surface area contributed by atoms with Crippen molar-refractivity contribution in [3.05, 3.63) is 23.9 Å². The Morgan fingerprint density at radius 1 is 1.31 bits per heavy atom. The minimum absolute atomic E-state index is 0.827. The molecular weight excluding hydrogens is 194 g/mol. The molecule has 0 radical (unpaired) electrons. The molecule has 3 aliphatic rings. The fourth-order valence-electron chi connectivity index (χ4n) is 4.15. The van der Waals surface area contributed by atoms with Gasteiger partial charge in [-0.05, 0) is 43.6 Å². The van der Waals surface area contributed by atoms with Crippen molar-refractivity contribution in [2.24, 2.45) is 17.8 Å². The Morgan fingerprint density at radius 2 is 2.19 bits per heavy atom. The normalized spacial score (nSPS) is 37.3. The first-order valence-corrected chi connectivity index (χ1v) is 6.92. The minimum atomic E-state index is 0.827. The molecule has 3 atom stereocenters. The van der Waals surface area contributed by atoms with E-state index in [1.165, 1.54) is 32.2 Å². The van der Waals surface area contributed by atoms with E-state index in [9.17, 15) is 0 Å². The summed E-state index contributed by atoms with van der Waals surface area (Å²) in [7, 11) is 0. The van der Waals surface area contributed by atoms with Crippen LogP contribution in [0.4, 0.5) is 0 Å². The predicted molar refractivity (Wildman–Crippen MR) is 68.0 cm³/mol. The Hall–Kier alpha value is -0.720. The zero-order chi connectivity index (χ0) is 11.1. The molecule has 3 rings (SSSR count). The zero-order valence-electron chi connectivity index (χ0n) is 10.5. The van der Waals surface area contributed by atoms with E-state index in [2.05, 4.69) is 37.0 Å². The highest BCUT2D eigenvalue weighted by atomic mass is 15.2. The molecule has 2 aliphatic heterocycles. The molecule has 2 saturated heterocycles. The van der Waals surface area contributed by atoms with Crippen LogP contribution in [0, 0.1) is 17.8 Å². The van der Waals surface area contributed by atoms with Gasteiger partial charge in [-0.3, -0.25) is 0 Å². The van der Waals surface area contributed by atoms with Gasteiger partial charge in [-0.1, -0.05) is 26.0 Å². The molecule has 2 fully saturated rings. The van der Waals surface area contributed by atoms with Gasteiger partial charge >= 0.3 is 0 Å². The molecule has 88 valence electrons. The first-order chi connectivity index (χ1) is 7.79. The van der Waals surface area contributed by atoms with Gasteiger partial charge < -0.3 is 4.90 Å². The average molecular weight is 217 g/mol. The van der Waals surface area contributed by atoms with Crippen LogP contribution < -0.4 is 0 Å².